The van der Waals surface area contributed by atoms with E-state index in [4.69, 9.17) is 5.41 Å². The van der Waals surface area contributed by atoms with Crippen LogP contribution in [0.15, 0.2) is 18.5 Å². The lowest BCUT2D eigenvalue weighted by molar-refractivity contribution is 1.33. The quantitative estimate of drug-likeness (QED) is 0.447. The molecule has 0 radical (unpaired) electrons. The number of hydrogen-bond acceptors (Lipinski definition) is 2. The van der Waals surface area contributed by atoms with Crippen molar-refractivity contribution in [2.24, 2.45) is 0 Å². The number of hydrogen-bond donors (Lipinski definition) is 1. The number of rotatable bonds is 1. The zero-order chi connectivity index (χ0) is 6.69. The van der Waals surface area contributed by atoms with Gasteiger partial charge in [-0.2, -0.15) is 0 Å². The maximum Gasteiger partial charge on any atom is 0.0361 e. The van der Waals surface area contributed by atoms with Crippen molar-refractivity contribution in [1.82, 2.24) is 4.98 Å². The third-order valence-electron chi connectivity index (χ3n) is 1.04. The van der Waals surface area contributed by atoms with Gasteiger partial charge in [-0.1, -0.05) is 0 Å². The first-order chi connectivity index (χ1) is 4.34. The summed E-state index contributed by atoms with van der Waals surface area (Å²) in [4.78, 5) is 3.85. The van der Waals surface area contributed by atoms with Crippen LogP contribution in [-0.4, -0.2) is 11.2 Å². The Morgan fingerprint density at radius 3 is 2.89 bits per heavy atom. The molecule has 1 aromatic heterocycles. The molecule has 46 valence electrons. The first-order valence-corrected chi connectivity index (χ1v) is 3.12. The molecule has 0 amide bonds. The van der Waals surface area contributed by atoms with Gasteiger partial charge in [-0.05, 0) is 11.4 Å². The molecule has 1 atom stereocenters. The fraction of sp³-hybridized carbons (Fsp3) is 0. The van der Waals surface area contributed by atoms with Crippen LogP contribution in [0.25, 0.3) is 0 Å². The third kappa shape index (κ3) is 1.33. The van der Waals surface area contributed by atoms with Crippen molar-refractivity contribution >= 4 is 20.8 Å². The maximum absolute atomic E-state index is 6.91. The Balaban J connectivity index is 3.15. The highest BCUT2D eigenvalue weighted by molar-refractivity contribution is 7.27. The van der Waals surface area contributed by atoms with Crippen molar-refractivity contribution < 1.29 is 0 Å². The van der Waals surface area contributed by atoms with Gasteiger partial charge in [0.15, 0.2) is 0 Å². The SMILES string of the molecule is N=Cc1cnccc1P. The van der Waals surface area contributed by atoms with Crippen molar-refractivity contribution in [2.75, 3.05) is 0 Å². The Bertz CT molecular complexity index is 222. The fourth-order valence-corrected chi connectivity index (χ4v) is 0.782. The molecule has 1 N–H and O–H groups in total. The number of nitrogens with zero attached hydrogens (tertiary/aromatic N) is 1. The van der Waals surface area contributed by atoms with E-state index < -0.39 is 0 Å². The average molecular weight is 138 g/mol. The minimum Gasteiger partial charge on any atom is -0.308 e. The lowest BCUT2D eigenvalue weighted by atomic mass is 10.3. The summed E-state index contributed by atoms with van der Waals surface area (Å²) in [6.45, 7) is 0. The molecule has 0 saturated carbocycles. The first kappa shape index (κ1) is 6.37. The molecule has 3 heteroatoms. The summed E-state index contributed by atoms with van der Waals surface area (Å²) in [5.74, 6) is 0. The molecule has 0 spiro atoms. The van der Waals surface area contributed by atoms with E-state index in [0.717, 1.165) is 10.9 Å². The van der Waals surface area contributed by atoms with Crippen LogP contribution < -0.4 is 5.30 Å². The lowest BCUT2D eigenvalue weighted by Crippen LogP contribution is -1.99. The second-order valence-corrected chi connectivity index (χ2v) is 2.27. The summed E-state index contributed by atoms with van der Waals surface area (Å²) in [5, 5.41) is 7.92. The molecule has 0 bridgehead atoms. The van der Waals surface area contributed by atoms with Gasteiger partial charge in [0.2, 0.25) is 0 Å². The van der Waals surface area contributed by atoms with Gasteiger partial charge in [0, 0.05) is 24.2 Å². The van der Waals surface area contributed by atoms with Crippen LogP contribution >= 0.6 is 9.24 Å². The van der Waals surface area contributed by atoms with Crippen molar-refractivity contribution in [3.63, 3.8) is 0 Å². The zero-order valence-electron chi connectivity index (χ0n) is 4.83. The van der Waals surface area contributed by atoms with Crippen molar-refractivity contribution in [1.29, 1.82) is 5.41 Å². The molecule has 2 nitrogen and oxygen atoms in total. The highest BCUT2D eigenvalue weighted by Crippen LogP contribution is 1.92. The van der Waals surface area contributed by atoms with Crippen LogP contribution in [-0.2, 0) is 0 Å². The van der Waals surface area contributed by atoms with E-state index in [-0.39, 0.29) is 0 Å². The molecule has 0 aromatic carbocycles. The van der Waals surface area contributed by atoms with E-state index in [9.17, 15) is 0 Å². The molecule has 0 aliphatic rings. The second kappa shape index (κ2) is 2.70. The molecule has 0 saturated heterocycles. The summed E-state index contributed by atoms with van der Waals surface area (Å²) in [5.41, 5.74) is 0.850. The Morgan fingerprint density at radius 1 is 1.67 bits per heavy atom. The number of nitrogens with one attached hydrogen (secondary N) is 1. The molecule has 1 aromatic rings. The summed E-state index contributed by atoms with van der Waals surface area (Å²) in [6.07, 6.45) is 4.65. The molecule has 0 aliphatic carbocycles. The largest absolute Gasteiger partial charge is 0.308 e. The highest BCUT2D eigenvalue weighted by atomic mass is 31.0. The summed E-state index contributed by atoms with van der Waals surface area (Å²) in [7, 11) is 2.54. The van der Waals surface area contributed by atoms with Crippen molar-refractivity contribution in [3.05, 3.63) is 24.0 Å². The Labute approximate surface area is 56.0 Å². The van der Waals surface area contributed by atoms with Gasteiger partial charge in [-0.3, -0.25) is 4.98 Å². The van der Waals surface area contributed by atoms with E-state index in [1.165, 1.54) is 6.21 Å². The molecule has 1 heterocycles. The predicted molar refractivity (Wildman–Crippen MR) is 41.5 cm³/mol. The van der Waals surface area contributed by atoms with Crippen LogP contribution in [0.2, 0.25) is 0 Å². The molecule has 0 fully saturated rings. The normalized spacial score (nSPS) is 9.00. The van der Waals surface area contributed by atoms with E-state index in [1.807, 2.05) is 6.07 Å². The van der Waals surface area contributed by atoms with Crippen LogP contribution in [0, 0.1) is 5.41 Å². The average Bonchev–Trinajstić information content (AvgIpc) is 1.89. The van der Waals surface area contributed by atoms with Gasteiger partial charge >= 0.3 is 0 Å². The maximum atomic E-state index is 6.91. The third-order valence-corrected chi connectivity index (χ3v) is 1.57. The standard InChI is InChI=1S/C6H7N2P/c7-3-5-4-8-2-1-6(5)9/h1-4,7H,9H2. The minimum absolute atomic E-state index is 0.850. The van der Waals surface area contributed by atoms with Gasteiger partial charge < -0.3 is 5.41 Å². The molecule has 0 aliphatic heterocycles. The van der Waals surface area contributed by atoms with Gasteiger partial charge in [-0.15, -0.1) is 9.24 Å². The predicted octanol–water partition coefficient (Wildman–Crippen LogP) is 0.580. The van der Waals surface area contributed by atoms with Gasteiger partial charge in [0.1, 0.15) is 0 Å². The van der Waals surface area contributed by atoms with Gasteiger partial charge in [0.25, 0.3) is 0 Å². The molecule has 1 unspecified atom stereocenters. The van der Waals surface area contributed by atoms with Crippen LogP contribution in [0.1, 0.15) is 5.56 Å². The minimum atomic E-state index is 0.850. The molecular weight excluding hydrogens is 131 g/mol. The molecular formula is C6H7N2P. The number of aromatic nitrogens is 1. The van der Waals surface area contributed by atoms with E-state index >= 15 is 0 Å². The first-order valence-electron chi connectivity index (χ1n) is 2.54. The summed E-state index contributed by atoms with van der Waals surface area (Å²) < 4.78 is 0. The van der Waals surface area contributed by atoms with Crippen LogP contribution in [0.5, 0.6) is 0 Å². The fourth-order valence-electron chi connectivity index (χ4n) is 0.538. The van der Waals surface area contributed by atoms with Crippen molar-refractivity contribution in [2.45, 2.75) is 0 Å². The van der Waals surface area contributed by atoms with E-state index in [1.54, 1.807) is 12.4 Å². The highest BCUT2D eigenvalue weighted by Gasteiger charge is 1.89. The summed E-state index contributed by atoms with van der Waals surface area (Å²) >= 11 is 0. The lowest BCUT2D eigenvalue weighted by Gasteiger charge is -1.93. The van der Waals surface area contributed by atoms with Crippen molar-refractivity contribution in [3.8, 4) is 0 Å². The smallest absolute Gasteiger partial charge is 0.0361 e. The molecule has 1 rings (SSSR count). The number of pyridine rings is 1. The second-order valence-electron chi connectivity index (χ2n) is 1.65. The zero-order valence-corrected chi connectivity index (χ0v) is 5.99. The van der Waals surface area contributed by atoms with E-state index in [0.29, 0.717) is 0 Å². The Kier molecular flexibility index (Phi) is 1.91. The van der Waals surface area contributed by atoms with E-state index in [2.05, 4.69) is 14.2 Å². The van der Waals surface area contributed by atoms with Crippen LogP contribution in [0.3, 0.4) is 0 Å². The monoisotopic (exact) mass is 138 g/mol. The van der Waals surface area contributed by atoms with Gasteiger partial charge in [-0.25, -0.2) is 0 Å². The topological polar surface area (TPSA) is 36.7 Å². The Morgan fingerprint density at radius 2 is 2.44 bits per heavy atom. The Hall–Kier alpha value is -0.750. The van der Waals surface area contributed by atoms with Crippen LogP contribution in [0.4, 0.5) is 0 Å². The van der Waals surface area contributed by atoms with Gasteiger partial charge in [0.05, 0.1) is 0 Å². The summed E-state index contributed by atoms with van der Waals surface area (Å²) in [6, 6.07) is 1.85. The molecule has 9 heavy (non-hydrogen) atoms.